The Morgan fingerprint density at radius 3 is 2.32 bits per heavy atom. The summed E-state index contributed by atoms with van der Waals surface area (Å²) in [5.41, 5.74) is -0.427. The van der Waals surface area contributed by atoms with Gasteiger partial charge in [-0.25, -0.2) is 0 Å². The predicted molar refractivity (Wildman–Crippen MR) is 87.2 cm³/mol. The monoisotopic (exact) mass is 362 g/mol. The summed E-state index contributed by atoms with van der Waals surface area (Å²) < 4.78 is 4.15. The van der Waals surface area contributed by atoms with Crippen LogP contribution in [0.15, 0.2) is 0 Å². The number of hydrogen-bond donors (Lipinski definition) is 2. The Morgan fingerprint density at radius 1 is 1.45 bits per heavy atom. The summed E-state index contributed by atoms with van der Waals surface area (Å²) in [4.78, 5) is 11.6. The Bertz CT molecular complexity index is 251. The molecule has 6 nitrogen and oxygen atoms in total. The van der Waals surface area contributed by atoms with E-state index in [4.69, 9.17) is 0 Å². The van der Waals surface area contributed by atoms with Crippen LogP contribution in [-0.4, -0.2) is 30.8 Å². The van der Waals surface area contributed by atoms with Crippen LogP contribution in [0.2, 0.25) is 0 Å². The first-order chi connectivity index (χ1) is 9.34. The van der Waals surface area contributed by atoms with Gasteiger partial charge in [0.15, 0.2) is 0 Å². The summed E-state index contributed by atoms with van der Waals surface area (Å²) in [6.45, 7) is 11.0. The maximum atomic E-state index is 11.6. The topological polar surface area (TPSA) is 87.2 Å². The first-order valence-corrected chi connectivity index (χ1v) is 7.93. The minimum Gasteiger partial charge on any atom is -1.00 e. The van der Waals surface area contributed by atoms with Crippen molar-refractivity contribution in [3.8, 4) is 0 Å². The maximum Gasteiger partial charge on any atom is 1.00 e. The van der Waals surface area contributed by atoms with Gasteiger partial charge < -0.3 is 28.3 Å². The summed E-state index contributed by atoms with van der Waals surface area (Å²) in [5.74, 6) is 0.439. The molecular weight excluding hydrogens is 328 g/mol. The van der Waals surface area contributed by atoms with Crippen molar-refractivity contribution >= 4 is 17.9 Å². The van der Waals surface area contributed by atoms with Crippen LogP contribution in [0.1, 0.15) is 56.3 Å². The van der Waals surface area contributed by atoms with E-state index in [0.717, 1.165) is 18.5 Å². The van der Waals surface area contributed by atoms with E-state index in [-0.39, 0.29) is 33.1 Å². The Hall–Kier alpha value is -0.0500. The second-order valence-electron chi connectivity index (χ2n) is 5.28. The van der Waals surface area contributed by atoms with Gasteiger partial charge in [-0.2, -0.15) is 4.33 Å². The summed E-state index contributed by atoms with van der Waals surface area (Å²) in [6, 6.07) is 0. The number of rotatable bonds is 9. The molecule has 0 heterocycles. The summed E-state index contributed by atoms with van der Waals surface area (Å²) in [5, 5.41) is 17.8. The molecule has 0 spiro atoms. The van der Waals surface area contributed by atoms with E-state index in [1.54, 1.807) is 0 Å². The van der Waals surface area contributed by atoms with E-state index in [1.165, 1.54) is 13.0 Å². The first-order valence-electron chi connectivity index (χ1n) is 7.02. The van der Waals surface area contributed by atoms with Crippen LogP contribution in [-0.2, 0) is 14.2 Å². The molecule has 0 saturated heterocycles. The average molecular weight is 363 g/mol. The van der Waals surface area contributed by atoms with E-state index in [9.17, 15) is 10.1 Å². The van der Waals surface area contributed by atoms with Gasteiger partial charge in [-0.05, 0) is 26.7 Å². The molecule has 0 aromatic heterocycles. The third kappa shape index (κ3) is 19.9. The second-order valence-corrected chi connectivity index (χ2v) is 5.94. The van der Waals surface area contributed by atoms with Crippen molar-refractivity contribution in [1.29, 1.82) is 0 Å². The lowest BCUT2D eigenvalue weighted by molar-refractivity contribution is -0.777. The normalized spacial score (nSPS) is 11.2. The highest BCUT2D eigenvalue weighted by Gasteiger charge is 2.23. The summed E-state index contributed by atoms with van der Waals surface area (Å²) in [7, 11) is 2.09. The smallest absolute Gasteiger partial charge is 1.00 e. The molecule has 138 valence electrons. The average Bonchev–Trinajstić information content (AvgIpc) is 2.39. The fourth-order valence-corrected chi connectivity index (χ4v) is 1.61. The van der Waals surface area contributed by atoms with Gasteiger partial charge in [0.05, 0.1) is 13.6 Å². The van der Waals surface area contributed by atoms with Gasteiger partial charge in [0.25, 0.3) is 0 Å². The predicted octanol–water partition coefficient (Wildman–Crippen LogP) is -1.86. The second kappa shape index (κ2) is 19.0. The number of hydrogen-bond acceptors (Lipinski definition) is 5. The molecule has 0 rings (SSSR count). The Labute approximate surface area is 148 Å². The third-order valence-electron chi connectivity index (χ3n) is 2.59. The Kier molecular flexibility index (Phi) is 25.8. The standard InChI is InChI=1S/C9H19NO4S.C4H11N.CH4.ClH/c1-5-7(2)8(11)10-9(3,4)6-15-14-13-12;1-3-4-5-2;;/h7,12H,5-6H2,1-4H3,(H,10,11);5H,3-4H2,1-2H3;1H4;1H. The van der Waals surface area contributed by atoms with Gasteiger partial charge in [0.2, 0.25) is 5.91 Å². The van der Waals surface area contributed by atoms with Crippen LogP contribution < -0.4 is 28.3 Å². The van der Waals surface area contributed by atoms with Crippen LogP contribution in [0.5, 0.6) is 0 Å². The van der Waals surface area contributed by atoms with Crippen LogP contribution in [0.3, 0.4) is 0 Å². The SMILES string of the molecule is C.CCC(C)C(=O)NC(C)(C)CSOO[O-].CCC[NH2+]C.[Cl-].[H+]. The van der Waals surface area contributed by atoms with Gasteiger partial charge in [-0.15, -0.1) is 0 Å². The molecule has 22 heavy (non-hydrogen) atoms. The van der Waals surface area contributed by atoms with Gasteiger partial charge in [0.1, 0.15) is 0 Å². The zero-order valence-electron chi connectivity index (χ0n) is 14.9. The largest absolute Gasteiger partial charge is 1.00 e. The lowest BCUT2D eigenvalue weighted by atomic mass is 10.0. The lowest BCUT2D eigenvalue weighted by Crippen LogP contribution is -3.00. The zero-order valence-corrected chi connectivity index (χ0v) is 15.5. The molecule has 0 aliphatic rings. The van der Waals surface area contributed by atoms with Crippen molar-refractivity contribution in [2.75, 3.05) is 19.3 Å². The van der Waals surface area contributed by atoms with Crippen LogP contribution >= 0.6 is 12.0 Å². The summed E-state index contributed by atoms with van der Waals surface area (Å²) in [6.07, 6.45) is 2.09. The van der Waals surface area contributed by atoms with Crippen molar-refractivity contribution < 1.29 is 38.6 Å². The van der Waals surface area contributed by atoms with E-state index in [2.05, 4.69) is 34.0 Å². The van der Waals surface area contributed by atoms with Gasteiger partial charge in [0, 0.05) is 29.3 Å². The molecule has 0 aromatic carbocycles. The highest BCUT2D eigenvalue weighted by Crippen LogP contribution is 2.14. The quantitative estimate of drug-likeness (QED) is 0.217. The molecule has 0 aliphatic heterocycles. The molecule has 1 atom stereocenters. The minimum atomic E-state index is -0.427. The number of carbonyl (C=O) groups is 1. The van der Waals surface area contributed by atoms with Gasteiger partial charge in [-0.3, -0.25) is 9.83 Å². The van der Waals surface area contributed by atoms with Crippen molar-refractivity contribution in [1.82, 2.24) is 5.32 Å². The fraction of sp³-hybridized carbons (Fsp3) is 0.929. The maximum absolute atomic E-state index is 11.6. The highest BCUT2D eigenvalue weighted by molar-refractivity contribution is 7.94. The first kappa shape index (κ1) is 29.9. The molecule has 3 N–H and O–H groups in total. The number of quaternary nitrogens is 1. The number of nitrogens with two attached hydrogens (primary N) is 1. The summed E-state index contributed by atoms with van der Waals surface area (Å²) >= 11 is 0.872. The van der Waals surface area contributed by atoms with Gasteiger partial charge >= 0.3 is 1.43 Å². The van der Waals surface area contributed by atoms with Crippen molar-refractivity contribution in [3.63, 3.8) is 0 Å². The van der Waals surface area contributed by atoms with Gasteiger partial charge in [-0.1, -0.05) is 28.2 Å². The number of carbonyl (C=O) groups excluding carboxylic acids is 1. The highest BCUT2D eigenvalue weighted by atomic mass is 35.5. The number of halogens is 1. The Balaban J connectivity index is -0.000000118. The van der Waals surface area contributed by atoms with E-state index in [0.29, 0.717) is 5.75 Å². The molecule has 1 unspecified atom stereocenters. The molecule has 0 aromatic rings. The number of amides is 1. The van der Waals surface area contributed by atoms with Crippen LogP contribution in [0.4, 0.5) is 0 Å². The van der Waals surface area contributed by atoms with E-state index >= 15 is 0 Å². The molecular formula is C14H35ClN2O4S. The Morgan fingerprint density at radius 2 is 2.00 bits per heavy atom. The minimum absolute atomic E-state index is 0. The molecule has 0 radical (unpaired) electrons. The number of nitrogens with one attached hydrogen (secondary N) is 1. The molecule has 8 heteroatoms. The molecule has 0 aliphatic carbocycles. The third-order valence-corrected chi connectivity index (χ3v) is 3.59. The molecule has 1 amide bonds. The van der Waals surface area contributed by atoms with Crippen molar-refractivity contribution in [3.05, 3.63) is 0 Å². The molecule has 0 saturated carbocycles. The van der Waals surface area contributed by atoms with Crippen molar-refractivity contribution in [2.45, 2.75) is 60.4 Å². The fourth-order valence-electron chi connectivity index (χ4n) is 1.16. The van der Waals surface area contributed by atoms with E-state index < -0.39 is 5.54 Å². The molecule has 0 bridgehead atoms. The zero-order chi connectivity index (χ0) is 16.0. The van der Waals surface area contributed by atoms with Crippen LogP contribution in [0, 0.1) is 5.92 Å². The van der Waals surface area contributed by atoms with E-state index in [1.807, 2.05) is 27.7 Å². The molecule has 0 fully saturated rings. The van der Waals surface area contributed by atoms with Crippen molar-refractivity contribution in [2.24, 2.45) is 5.92 Å². The lowest BCUT2D eigenvalue weighted by Gasteiger charge is -2.26. The van der Waals surface area contributed by atoms with Crippen LogP contribution in [0.25, 0.3) is 0 Å².